The lowest BCUT2D eigenvalue weighted by molar-refractivity contribution is -0.147. The molecule has 2 nitrogen and oxygen atoms in total. The number of esters is 1. The normalized spacial score (nSPS) is 21.4. The van der Waals surface area contributed by atoms with E-state index >= 15 is 0 Å². The summed E-state index contributed by atoms with van der Waals surface area (Å²) in [6, 6.07) is 0. The summed E-state index contributed by atoms with van der Waals surface area (Å²) in [5, 5.41) is 0. The van der Waals surface area contributed by atoms with Crippen molar-refractivity contribution in [2.75, 3.05) is 0 Å². The molecular formula is C14H24O2. The lowest BCUT2D eigenvalue weighted by Gasteiger charge is -2.27. The molecule has 0 aliphatic carbocycles. The summed E-state index contributed by atoms with van der Waals surface area (Å²) in [6.45, 7) is 6.29. The summed E-state index contributed by atoms with van der Waals surface area (Å²) in [4.78, 5) is 11.7. The van der Waals surface area contributed by atoms with Gasteiger partial charge in [0.15, 0.2) is 0 Å². The molecule has 0 radical (unpaired) electrons. The Morgan fingerprint density at radius 3 is 2.19 bits per heavy atom. The van der Waals surface area contributed by atoms with Crippen LogP contribution in [0.2, 0.25) is 0 Å². The van der Waals surface area contributed by atoms with Crippen molar-refractivity contribution in [1.82, 2.24) is 0 Å². The Morgan fingerprint density at radius 2 is 1.81 bits per heavy atom. The molecule has 0 saturated carbocycles. The van der Waals surface area contributed by atoms with Crippen molar-refractivity contribution in [2.24, 2.45) is 0 Å². The van der Waals surface area contributed by atoms with Gasteiger partial charge in [-0.1, -0.05) is 32.8 Å². The zero-order valence-corrected chi connectivity index (χ0v) is 10.8. The summed E-state index contributed by atoms with van der Waals surface area (Å²) in [5.41, 5.74) is 0.692. The lowest BCUT2D eigenvalue weighted by atomic mass is 9.87. The Morgan fingerprint density at radius 1 is 1.25 bits per heavy atom. The highest BCUT2D eigenvalue weighted by Gasteiger charge is 2.41. The maximum atomic E-state index is 11.7. The fourth-order valence-corrected chi connectivity index (χ4v) is 2.34. The molecule has 1 aliphatic rings. The predicted octanol–water partition coefficient (Wildman–Crippen LogP) is 4.00. The number of hydrogen-bond donors (Lipinski definition) is 0. The van der Waals surface area contributed by atoms with E-state index in [1.807, 2.05) is 13.0 Å². The summed E-state index contributed by atoms with van der Waals surface area (Å²) < 4.78 is 5.65. The van der Waals surface area contributed by atoms with E-state index in [0.717, 1.165) is 50.5 Å². The molecule has 1 saturated heterocycles. The van der Waals surface area contributed by atoms with Crippen LogP contribution >= 0.6 is 0 Å². The smallest absolute Gasteiger partial charge is 0.334 e. The summed E-state index contributed by atoms with van der Waals surface area (Å²) in [7, 11) is 0. The van der Waals surface area contributed by atoms with Crippen LogP contribution in [0.3, 0.4) is 0 Å². The number of rotatable bonds is 6. The maximum absolute atomic E-state index is 11.7. The first-order chi connectivity index (χ1) is 7.67. The molecule has 1 rings (SSSR count). The highest BCUT2D eigenvalue weighted by atomic mass is 16.6. The van der Waals surface area contributed by atoms with Crippen molar-refractivity contribution >= 4 is 5.97 Å². The fourth-order valence-electron chi connectivity index (χ4n) is 2.34. The quantitative estimate of drug-likeness (QED) is 0.503. The van der Waals surface area contributed by atoms with E-state index in [9.17, 15) is 4.79 Å². The Hall–Kier alpha value is -0.790. The molecule has 2 heteroatoms. The van der Waals surface area contributed by atoms with Crippen LogP contribution in [-0.2, 0) is 9.53 Å². The van der Waals surface area contributed by atoms with E-state index in [-0.39, 0.29) is 11.6 Å². The second-order valence-electron chi connectivity index (χ2n) is 4.77. The third-order valence-corrected chi connectivity index (χ3v) is 3.40. The average Bonchev–Trinajstić information content (AvgIpc) is 2.61. The minimum atomic E-state index is -0.176. The van der Waals surface area contributed by atoms with Crippen molar-refractivity contribution < 1.29 is 9.53 Å². The molecule has 0 aromatic heterocycles. The Kier molecular flexibility index (Phi) is 5.04. The molecule has 0 aromatic rings. The number of unbranched alkanes of at least 4 members (excludes halogenated alkanes) is 2. The molecule has 0 bridgehead atoms. The highest BCUT2D eigenvalue weighted by molar-refractivity contribution is 5.91. The minimum Gasteiger partial charge on any atom is -0.455 e. The molecule has 0 spiro atoms. The van der Waals surface area contributed by atoms with Crippen molar-refractivity contribution in [3.8, 4) is 0 Å². The topological polar surface area (TPSA) is 26.3 Å². The van der Waals surface area contributed by atoms with Gasteiger partial charge in [-0.05, 0) is 32.6 Å². The van der Waals surface area contributed by atoms with Gasteiger partial charge in [0.05, 0.1) is 0 Å². The van der Waals surface area contributed by atoms with Gasteiger partial charge in [0.1, 0.15) is 5.60 Å². The van der Waals surface area contributed by atoms with E-state index in [0.29, 0.717) is 0 Å². The second kappa shape index (κ2) is 6.07. The number of cyclic esters (lactones) is 1. The van der Waals surface area contributed by atoms with Crippen LogP contribution in [0.25, 0.3) is 0 Å². The molecule has 0 amide bonds. The molecule has 0 unspecified atom stereocenters. The van der Waals surface area contributed by atoms with E-state index in [2.05, 4.69) is 13.8 Å². The zero-order chi connectivity index (χ0) is 12.0. The Labute approximate surface area is 99.1 Å². The van der Waals surface area contributed by atoms with Crippen molar-refractivity contribution in [2.45, 2.75) is 71.3 Å². The van der Waals surface area contributed by atoms with Gasteiger partial charge in [-0.15, -0.1) is 0 Å². The number of carbonyl (C=O) groups excluding carboxylic acids is 1. The third kappa shape index (κ3) is 3.10. The minimum absolute atomic E-state index is 0.0882. The Balaban J connectivity index is 2.69. The number of hydrogen-bond acceptors (Lipinski definition) is 2. The van der Waals surface area contributed by atoms with Gasteiger partial charge < -0.3 is 4.74 Å². The summed E-state index contributed by atoms with van der Waals surface area (Å²) in [6.07, 6.45) is 9.39. The van der Waals surface area contributed by atoms with Crippen molar-refractivity contribution in [1.29, 1.82) is 0 Å². The molecule has 0 atom stereocenters. The average molecular weight is 224 g/mol. The third-order valence-electron chi connectivity index (χ3n) is 3.40. The van der Waals surface area contributed by atoms with Crippen molar-refractivity contribution in [3.05, 3.63) is 11.6 Å². The van der Waals surface area contributed by atoms with Crippen LogP contribution in [0.1, 0.15) is 65.7 Å². The van der Waals surface area contributed by atoms with Crippen LogP contribution in [0, 0.1) is 0 Å². The first-order valence-electron chi connectivity index (χ1n) is 6.56. The van der Waals surface area contributed by atoms with E-state index in [1.165, 1.54) is 0 Å². The van der Waals surface area contributed by atoms with Crippen LogP contribution in [-0.4, -0.2) is 11.6 Å². The van der Waals surface area contributed by atoms with Gasteiger partial charge in [0, 0.05) is 12.0 Å². The predicted molar refractivity (Wildman–Crippen MR) is 66.2 cm³/mol. The number of allylic oxidation sites excluding steroid dienone is 1. The van der Waals surface area contributed by atoms with E-state index in [4.69, 9.17) is 4.74 Å². The molecule has 0 aromatic carbocycles. The summed E-state index contributed by atoms with van der Waals surface area (Å²) in [5.74, 6) is -0.0882. The van der Waals surface area contributed by atoms with Gasteiger partial charge >= 0.3 is 5.97 Å². The van der Waals surface area contributed by atoms with Crippen LogP contribution in [0.15, 0.2) is 11.6 Å². The van der Waals surface area contributed by atoms with Gasteiger partial charge in [0.25, 0.3) is 0 Å². The molecule has 1 heterocycles. The van der Waals surface area contributed by atoms with Crippen LogP contribution < -0.4 is 0 Å². The molecular weight excluding hydrogens is 200 g/mol. The SMILES string of the molecule is C/C=C1\CC(CCCC)(CCCC)OC1=O. The zero-order valence-electron chi connectivity index (χ0n) is 10.8. The largest absolute Gasteiger partial charge is 0.455 e. The molecule has 16 heavy (non-hydrogen) atoms. The number of ether oxygens (including phenoxy) is 1. The van der Waals surface area contributed by atoms with Gasteiger partial charge in [-0.2, -0.15) is 0 Å². The van der Waals surface area contributed by atoms with E-state index < -0.39 is 0 Å². The van der Waals surface area contributed by atoms with E-state index in [1.54, 1.807) is 0 Å². The maximum Gasteiger partial charge on any atom is 0.334 e. The summed E-state index contributed by atoms with van der Waals surface area (Å²) >= 11 is 0. The van der Waals surface area contributed by atoms with Crippen molar-refractivity contribution in [3.63, 3.8) is 0 Å². The molecule has 0 N–H and O–H groups in total. The molecule has 1 fully saturated rings. The van der Waals surface area contributed by atoms with Crippen LogP contribution in [0.5, 0.6) is 0 Å². The first-order valence-corrected chi connectivity index (χ1v) is 6.56. The van der Waals surface area contributed by atoms with Gasteiger partial charge in [0.2, 0.25) is 0 Å². The molecule has 1 aliphatic heterocycles. The van der Waals surface area contributed by atoms with Gasteiger partial charge in [-0.3, -0.25) is 0 Å². The fraction of sp³-hybridized carbons (Fsp3) is 0.786. The lowest BCUT2D eigenvalue weighted by Crippen LogP contribution is -2.28. The number of carbonyl (C=O) groups is 1. The standard InChI is InChI=1S/C14H24O2/c1-4-7-9-14(10-8-5-2)11-12(6-3)13(15)16-14/h6H,4-5,7-11H2,1-3H3/b12-6+. The van der Waals surface area contributed by atoms with Crippen LogP contribution in [0.4, 0.5) is 0 Å². The Bertz CT molecular complexity index is 258. The molecule has 92 valence electrons. The second-order valence-corrected chi connectivity index (χ2v) is 4.77. The van der Waals surface area contributed by atoms with Gasteiger partial charge in [-0.25, -0.2) is 4.79 Å². The first kappa shape index (κ1) is 13.3. The monoisotopic (exact) mass is 224 g/mol. The highest BCUT2D eigenvalue weighted by Crippen LogP contribution is 2.38.